The number of hydrogen-bond acceptors (Lipinski definition) is 3. The lowest BCUT2D eigenvalue weighted by Crippen LogP contribution is -2.30. The van der Waals surface area contributed by atoms with Crippen molar-refractivity contribution in [2.75, 3.05) is 13.2 Å². The summed E-state index contributed by atoms with van der Waals surface area (Å²) in [5, 5.41) is 9.32. The Hall–Kier alpha value is -0.120. The van der Waals surface area contributed by atoms with Crippen molar-refractivity contribution >= 4 is 0 Å². The van der Waals surface area contributed by atoms with Gasteiger partial charge in [0.2, 0.25) is 0 Å². The van der Waals surface area contributed by atoms with E-state index in [1.54, 1.807) is 0 Å². The third-order valence-electron chi connectivity index (χ3n) is 2.24. The topological polar surface area (TPSA) is 38.7 Å². The molecule has 0 amide bonds. The van der Waals surface area contributed by atoms with Gasteiger partial charge < -0.3 is 14.6 Å². The molecular formula is C7H12O3. The Labute approximate surface area is 59.9 Å². The van der Waals surface area contributed by atoms with Crippen molar-refractivity contribution in [2.45, 2.75) is 25.2 Å². The maximum absolute atomic E-state index is 9.32. The number of hydrogen-bond donors (Lipinski definition) is 1. The SMILES string of the molecule is O[C@H]1CO[C@H]2OCCCC21. The van der Waals surface area contributed by atoms with Crippen LogP contribution in [0, 0.1) is 5.92 Å². The van der Waals surface area contributed by atoms with E-state index >= 15 is 0 Å². The molecule has 2 fully saturated rings. The van der Waals surface area contributed by atoms with Crippen molar-refractivity contribution < 1.29 is 14.6 Å². The van der Waals surface area contributed by atoms with Crippen molar-refractivity contribution in [3.05, 3.63) is 0 Å². The third kappa shape index (κ3) is 0.944. The van der Waals surface area contributed by atoms with Crippen molar-refractivity contribution in [3.63, 3.8) is 0 Å². The highest BCUT2D eigenvalue weighted by molar-refractivity contribution is 4.80. The molecule has 58 valence electrons. The van der Waals surface area contributed by atoms with Crippen LogP contribution in [0.25, 0.3) is 0 Å². The maximum atomic E-state index is 9.32. The van der Waals surface area contributed by atoms with Crippen LogP contribution >= 0.6 is 0 Å². The molecule has 2 aliphatic heterocycles. The summed E-state index contributed by atoms with van der Waals surface area (Å²) in [6, 6.07) is 0. The lowest BCUT2D eigenvalue weighted by atomic mass is 9.97. The largest absolute Gasteiger partial charge is 0.390 e. The first-order valence-electron chi connectivity index (χ1n) is 3.79. The molecule has 1 N–H and O–H groups in total. The van der Waals surface area contributed by atoms with Gasteiger partial charge >= 0.3 is 0 Å². The Morgan fingerprint density at radius 3 is 3.00 bits per heavy atom. The molecule has 3 heteroatoms. The molecule has 3 atom stereocenters. The second-order valence-electron chi connectivity index (χ2n) is 2.95. The van der Waals surface area contributed by atoms with Crippen LogP contribution in [0.1, 0.15) is 12.8 Å². The molecule has 0 saturated carbocycles. The van der Waals surface area contributed by atoms with Gasteiger partial charge in [-0.05, 0) is 12.8 Å². The van der Waals surface area contributed by atoms with E-state index in [4.69, 9.17) is 9.47 Å². The lowest BCUT2D eigenvalue weighted by Gasteiger charge is -2.25. The van der Waals surface area contributed by atoms with E-state index in [0.717, 1.165) is 19.4 Å². The Balaban J connectivity index is 2.01. The standard InChI is InChI=1S/C7H12O3/c8-6-4-10-7-5(6)2-1-3-9-7/h5-8H,1-4H2/t5?,6-,7+/m0/s1. The van der Waals surface area contributed by atoms with E-state index in [0.29, 0.717) is 6.61 Å². The number of ether oxygens (including phenoxy) is 2. The van der Waals surface area contributed by atoms with Gasteiger partial charge in [-0.15, -0.1) is 0 Å². The van der Waals surface area contributed by atoms with Crippen molar-refractivity contribution in [3.8, 4) is 0 Å². The predicted octanol–water partition coefficient (Wildman–Crippen LogP) is 0.130. The summed E-state index contributed by atoms with van der Waals surface area (Å²) in [6.07, 6.45) is 1.71. The smallest absolute Gasteiger partial charge is 0.163 e. The van der Waals surface area contributed by atoms with Crippen molar-refractivity contribution in [1.29, 1.82) is 0 Å². The molecule has 10 heavy (non-hydrogen) atoms. The summed E-state index contributed by atoms with van der Waals surface area (Å²) in [7, 11) is 0. The minimum Gasteiger partial charge on any atom is -0.390 e. The Bertz CT molecular complexity index is 124. The van der Waals surface area contributed by atoms with Crippen LogP contribution in [0.2, 0.25) is 0 Å². The summed E-state index contributed by atoms with van der Waals surface area (Å²) < 4.78 is 10.5. The Kier molecular flexibility index (Phi) is 1.64. The van der Waals surface area contributed by atoms with E-state index in [-0.39, 0.29) is 18.3 Å². The summed E-state index contributed by atoms with van der Waals surface area (Å²) in [5.74, 6) is 0.244. The molecule has 0 spiro atoms. The van der Waals surface area contributed by atoms with Crippen LogP contribution in [0.4, 0.5) is 0 Å². The normalized spacial score (nSPS) is 47.1. The predicted molar refractivity (Wildman–Crippen MR) is 34.4 cm³/mol. The van der Waals surface area contributed by atoms with Gasteiger partial charge in [0.05, 0.1) is 12.7 Å². The molecule has 2 aliphatic rings. The second kappa shape index (κ2) is 2.49. The molecule has 0 aliphatic carbocycles. The first-order chi connectivity index (χ1) is 4.88. The van der Waals surface area contributed by atoms with Crippen LogP contribution in [0.3, 0.4) is 0 Å². The van der Waals surface area contributed by atoms with E-state index in [9.17, 15) is 5.11 Å². The van der Waals surface area contributed by atoms with Crippen LogP contribution in [-0.2, 0) is 9.47 Å². The van der Waals surface area contributed by atoms with Crippen LogP contribution in [0.5, 0.6) is 0 Å². The summed E-state index contributed by atoms with van der Waals surface area (Å²) >= 11 is 0. The Morgan fingerprint density at radius 2 is 2.20 bits per heavy atom. The molecule has 3 nitrogen and oxygen atoms in total. The molecule has 0 aromatic carbocycles. The van der Waals surface area contributed by atoms with Gasteiger partial charge in [0, 0.05) is 12.5 Å². The zero-order chi connectivity index (χ0) is 6.97. The van der Waals surface area contributed by atoms with E-state index in [1.807, 2.05) is 0 Å². The van der Waals surface area contributed by atoms with Crippen molar-refractivity contribution in [2.24, 2.45) is 5.92 Å². The third-order valence-corrected chi connectivity index (χ3v) is 2.24. The van der Waals surface area contributed by atoms with Gasteiger partial charge in [-0.25, -0.2) is 0 Å². The van der Waals surface area contributed by atoms with Crippen molar-refractivity contribution in [1.82, 2.24) is 0 Å². The van der Waals surface area contributed by atoms with E-state index in [2.05, 4.69) is 0 Å². The molecule has 1 unspecified atom stereocenters. The first kappa shape index (κ1) is 6.58. The minimum absolute atomic E-state index is 0.108. The highest BCUT2D eigenvalue weighted by atomic mass is 16.7. The van der Waals surface area contributed by atoms with Crippen LogP contribution in [-0.4, -0.2) is 30.7 Å². The molecule has 2 heterocycles. The van der Waals surface area contributed by atoms with Gasteiger partial charge in [-0.2, -0.15) is 0 Å². The van der Waals surface area contributed by atoms with Crippen LogP contribution in [0.15, 0.2) is 0 Å². The lowest BCUT2D eigenvalue weighted by molar-refractivity contribution is -0.152. The number of fused-ring (bicyclic) bond motifs is 1. The maximum Gasteiger partial charge on any atom is 0.163 e. The molecule has 0 radical (unpaired) electrons. The van der Waals surface area contributed by atoms with Gasteiger partial charge in [-0.1, -0.05) is 0 Å². The summed E-state index contributed by atoms with van der Waals surface area (Å²) in [5.41, 5.74) is 0. The molecule has 0 aromatic rings. The number of aliphatic hydroxyl groups excluding tert-OH is 1. The zero-order valence-corrected chi connectivity index (χ0v) is 5.82. The fraction of sp³-hybridized carbons (Fsp3) is 1.00. The fourth-order valence-electron chi connectivity index (χ4n) is 1.64. The second-order valence-corrected chi connectivity index (χ2v) is 2.95. The monoisotopic (exact) mass is 144 g/mol. The average molecular weight is 144 g/mol. The van der Waals surface area contributed by atoms with Crippen LogP contribution < -0.4 is 0 Å². The van der Waals surface area contributed by atoms with Gasteiger partial charge in [0.25, 0.3) is 0 Å². The van der Waals surface area contributed by atoms with E-state index in [1.165, 1.54) is 0 Å². The quantitative estimate of drug-likeness (QED) is 0.525. The highest BCUT2D eigenvalue weighted by Gasteiger charge is 2.38. The molecule has 2 rings (SSSR count). The summed E-state index contributed by atoms with van der Waals surface area (Å²) in [6.45, 7) is 1.24. The van der Waals surface area contributed by atoms with Gasteiger partial charge in [0.1, 0.15) is 0 Å². The number of rotatable bonds is 0. The molecule has 0 aromatic heterocycles. The first-order valence-corrected chi connectivity index (χ1v) is 3.79. The van der Waals surface area contributed by atoms with Gasteiger partial charge in [0.15, 0.2) is 6.29 Å². The number of aliphatic hydroxyl groups is 1. The average Bonchev–Trinajstić information content (AvgIpc) is 2.34. The minimum atomic E-state index is -0.287. The zero-order valence-electron chi connectivity index (χ0n) is 5.82. The van der Waals surface area contributed by atoms with Gasteiger partial charge in [-0.3, -0.25) is 0 Å². The fourth-order valence-corrected chi connectivity index (χ4v) is 1.64. The highest BCUT2D eigenvalue weighted by Crippen LogP contribution is 2.30. The van der Waals surface area contributed by atoms with E-state index < -0.39 is 0 Å². The molecule has 2 saturated heterocycles. The molecular weight excluding hydrogens is 132 g/mol. The Morgan fingerprint density at radius 1 is 1.30 bits per heavy atom. The summed E-state index contributed by atoms with van der Waals surface area (Å²) in [4.78, 5) is 0. The molecule has 0 bridgehead atoms.